The molecule has 0 radical (unpaired) electrons. The van der Waals surface area contributed by atoms with Crippen molar-refractivity contribution in [3.63, 3.8) is 0 Å². The normalized spacial score (nSPS) is 12.6. The molecule has 1 aromatic carbocycles. The van der Waals surface area contributed by atoms with Gasteiger partial charge in [0.15, 0.2) is 4.34 Å². The first kappa shape index (κ1) is 18.3. The molecule has 0 fully saturated rings. The molecule has 0 saturated heterocycles. The van der Waals surface area contributed by atoms with Crippen LogP contribution in [0.5, 0.6) is 0 Å². The number of nitrogens with zero attached hydrogens (tertiary/aromatic N) is 2. The summed E-state index contributed by atoms with van der Waals surface area (Å²) in [4.78, 5) is 26.6. The smallest absolute Gasteiger partial charge is 0.259 e. The molecule has 8 heteroatoms. The molecule has 0 spiro atoms. The van der Waals surface area contributed by atoms with Crippen molar-refractivity contribution in [1.82, 2.24) is 15.0 Å². The summed E-state index contributed by atoms with van der Waals surface area (Å²) in [6.45, 7) is 5.96. The van der Waals surface area contributed by atoms with Gasteiger partial charge in [0, 0.05) is 15.8 Å². The largest absolute Gasteiger partial charge is 0.309 e. The maximum absolute atomic E-state index is 13.1. The highest BCUT2D eigenvalue weighted by Crippen LogP contribution is 2.37. The Kier molecular flexibility index (Phi) is 4.88. The number of nitrogens with one attached hydrogen (secondary N) is 1. The highest BCUT2D eigenvalue weighted by atomic mass is 32.2. The van der Waals surface area contributed by atoms with Crippen molar-refractivity contribution in [2.24, 2.45) is 0 Å². The van der Waals surface area contributed by atoms with Gasteiger partial charge in [-0.1, -0.05) is 11.8 Å². The van der Waals surface area contributed by atoms with Crippen LogP contribution in [0.1, 0.15) is 28.4 Å². The van der Waals surface area contributed by atoms with Gasteiger partial charge >= 0.3 is 0 Å². The van der Waals surface area contributed by atoms with Gasteiger partial charge in [-0.25, -0.2) is 14.4 Å². The third-order valence-corrected chi connectivity index (χ3v) is 7.53. The van der Waals surface area contributed by atoms with E-state index >= 15 is 0 Å². The molecule has 4 nitrogen and oxygen atoms in total. The molecule has 0 aliphatic rings. The first-order chi connectivity index (χ1) is 12.9. The molecule has 3 aromatic heterocycles. The third-order valence-electron chi connectivity index (χ3n) is 4.34. The molecule has 0 bridgehead atoms. The summed E-state index contributed by atoms with van der Waals surface area (Å²) in [5.74, 6) is 0.388. The predicted molar refractivity (Wildman–Crippen MR) is 111 cm³/mol. The zero-order valence-corrected chi connectivity index (χ0v) is 17.3. The van der Waals surface area contributed by atoms with E-state index in [0.717, 1.165) is 30.9 Å². The van der Waals surface area contributed by atoms with Gasteiger partial charge in [0.1, 0.15) is 16.5 Å². The van der Waals surface area contributed by atoms with E-state index in [0.29, 0.717) is 11.2 Å². The van der Waals surface area contributed by atoms with Crippen molar-refractivity contribution in [2.75, 3.05) is 0 Å². The number of hydrogen-bond acceptors (Lipinski definition) is 6. The zero-order valence-electron chi connectivity index (χ0n) is 14.9. The molecule has 138 valence electrons. The van der Waals surface area contributed by atoms with Gasteiger partial charge in [-0.05, 0) is 50.6 Å². The number of halogens is 1. The minimum Gasteiger partial charge on any atom is -0.309 e. The van der Waals surface area contributed by atoms with E-state index in [-0.39, 0.29) is 16.6 Å². The van der Waals surface area contributed by atoms with Crippen LogP contribution in [0.2, 0.25) is 0 Å². The van der Waals surface area contributed by atoms with Crippen LogP contribution >= 0.6 is 34.4 Å². The number of hydrogen-bond donors (Lipinski definition) is 1. The number of aryl methyl sites for hydroxylation is 2. The lowest BCUT2D eigenvalue weighted by Crippen LogP contribution is -2.12. The standard InChI is InChI=1S/C19H16FN3OS3/c1-9-10(2)26-18-15(9)17(24)22-16(23-18)11(3)27-19-21-14(8-25-19)12-4-6-13(20)7-5-12/h4-8,11H,1-3H3,(H,22,23,24). The van der Waals surface area contributed by atoms with E-state index in [1.54, 1.807) is 35.2 Å². The molecular weight excluding hydrogens is 401 g/mol. The van der Waals surface area contributed by atoms with Crippen molar-refractivity contribution in [3.05, 3.63) is 62.1 Å². The first-order valence-corrected chi connectivity index (χ1v) is 10.9. The molecule has 4 aromatic rings. The van der Waals surface area contributed by atoms with E-state index in [1.165, 1.54) is 23.5 Å². The Bertz CT molecular complexity index is 1180. The van der Waals surface area contributed by atoms with E-state index in [1.807, 2.05) is 26.2 Å². The number of H-pyrrole nitrogens is 1. The predicted octanol–water partition coefficient (Wildman–Crippen LogP) is 5.72. The van der Waals surface area contributed by atoms with Crippen molar-refractivity contribution in [3.8, 4) is 11.3 Å². The van der Waals surface area contributed by atoms with Crippen molar-refractivity contribution < 1.29 is 4.39 Å². The Balaban J connectivity index is 1.59. The second-order valence-corrected chi connectivity index (χ2v) is 9.83. The van der Waals surface area contributed by atoms with Crippen LogP contribution < -0.4 is 5.56 Å². The van der Waals surface area contributed by atoms with Gasteiger partial charge < -0.3 is 4.98 Å². The number of aromatic nitrogens is 3. The second kappa shape index (κ2) is 7.18. The fourth-order valence-electron chi connectivity index (χ4n) is 2.74. The molecule has 1 atom stereocenters. The Labute approximate surface area is 167 Å². The van der Waals surface area contributed by atoms with E-state index < -0.39 is 0 Å². The SMILES string of the molecule is Cc1sc2nc(C(C)Sc3nc(-c4ccc(F)cc4)cs3)[nH]c(=O)c2c1C. The Hall–Kier alpha value is -2.03. The molecular formula is C19H16FN3OS3. The van der Waals surface area contributed by atoms with Gasteiger partial charge in [0.2, 0.25) is 0 Å². The first-order valence-electron chi connectivity index (χ1n) is 8.30. The molecule has 0 amide bonds. The third kappa shape index (κ3) is 3.56. The summed E-state index contributed by atoms with van der Waals surface area (Å²) in [7, 11) is 0. The Morgan fingerprint density at radius 1 is 1.19 bits per heavy atom. The van der Waals surface area contributed by atoms with Crippen LogP contribution in [0.4, 0.5) is 4.39 Å². The second-order valence-electron chi connectivity index (χ2n) is 6.18. The van der Waals surface area contributed by atoms with Crippen LogP contribution in [0.15, 0.2) is 38.8 Å². The highest BCUT2D eigenvalue weighted by molar-refractivity contribution is 8.01. The van der Waals surface area contributed by atoms with Gasteiger partial charge in [0.25, 0.3) is 5.56 Å². The number of thioether (sulfide) groups is 1. The van der Waals surface area contributed by atoms with Gasteiger partial charge in [-0.3, -0.25) is 4.79 Å². The van der Waals surface area contributed by atoms with Crippen LogP contribution in [0.3, 0.4) is 0 Å². The number of rotatable bonds is 4. The Morgan fingerprint density at radius 3 is 2.67 bits per heavy atom. The lowest BCUT2D eigenvalue weighted by Gasteiger charge is -2.08. The number of thiazole rings is 1. The van der Waals surface area contributed by atoms with Gasteiger partial charge in [0.05, 0.1) is 16.3 Å². The fraction of sp³-hybridized carbons (Fsp3) is 0.211. The molecule has 27 heavy (non-hydrogen) atoms. The monoisotopic (exact) mass is 417 g/mol. The number of benzene rings is 1. The maximum Gasteiger partial charge on any atom is 0.259 e. The number of aromatic amines is 1. The summed E-state index contributed by atoms with van der Waals surface area (Å²) in [6.07, 6.45) is 0. The minimum atomic E-state index is -0.262. The van der Waals surface area contributed by atoms with Crippen LogP contribution in [0.25, 0.3) is 21.5 Å². The Morgan fingerprint density at radius 2 is 1.93 bits per heavy atom. The molecule has 4 rings (SSSR count). The van der Waals surface area contributed by atoms with Crippen molar-refractivity contribution >= 4 is 44.7 Å². The summed E-state index contributed by atoms with van der Waals surface area (Å²) in [6, 6.07) is 6.30. The topological polar surface area (TPSA) is 58.6 Å². The minimum absolute atomic E-state index is 0.0444. The van der Waals surface area contributed by atoms with Crippen LogP contribution in [-0.4, -0.2) is 15.0 Å². The van der Waals surface area contributed by atoms with Crippen molar-refractivity contribution in [2.45, 2.75) is 30.4 Å². The van der Waals surface area contributed by atoms with Crippen LogP contribution in [0, 0.1) is 19.7 Å². The molecule has 0 aliphatic heterocycles. The van der Waals surface area contributed by atoms with Gasteiger partial charge in [-0.2, -0.15) is 0 Å². The number of thiophene rings is 1. The molecule has 0 aliphatic carbocycles. The quantitative estimate of drug-likeness (QED) is 0.432. The molecule has 1 unspecified atom stereocenters. The zero-order chi connectivity index (χ0) is 19.1. The lowest BCUT2D eigenvalue weighted by atomic mass is 10.2. The average molecular weight is 418 g/mol. The molecule has 1 N–H and O–H groups in total. The van der Waals surface area contributed by atoms with Crippen molar-refractivity contribution in [1.29, 1.82) is 0 Å². The molecule has 0 saturated carbocycles. The fourth-order valence-corrected chi connectivity index (χ4v) is 5.80. The summed E-state index contributed by atoms with van der Waals surface area (Å²) in [5, 5.41) is 2.59. The van der Waals surface area contributed by atoms with E-state index in [9.17, 15) is 9.18 Å². The van der Waals surface area contributed by atoms with Gasteiger partial charge in [-0.15, -0.1) is 22.7 Å². The summed E-state index contributed by atoms with van der Waals surface area (Å²) in [5.41, 5.74) is 2.61. The lowest BCUT2D eigenvalue weighted by molar-refractivity contribution is 0.628. The summed E-state index contributed by atoms with van der Waals surface area (Å²) < 4.78 is 14.0. The summed E-state index contributed by atoms with van der Waals surface area (Å²) >= 11 is 4.63. The highest BCUT2D eigenvalue weighted by Gasteiger charge is 2.17. The molecule has 3 heterocycles. The maximum atomic E-state index is 13.1. The van der Waals surface area contributed by atoms with Crippen LogP contribution in [-0.2, 0) is 0 Å². The average Bonchev–Trinajstić information content (AvgIpc) is 3.20. The van der Waals surface area contributed by atoms with E-state index in [2.05, 4.69) is 15.0 Å². The van der Waals surface area contributed by atoms with E-state index in [4.69, 9.17) is 0 Å². The number of fused-ring (bicyclic) bond motifs is 1.